The summed E-state index contributed by atoms with van der Waals surface area (Å²) in [7, 11) is 0. The second kappa shape index (κ2) is 5.63. The van der Waals surface area contributed by atoms with E-state index in [4.69, 9.17) is 0 Å². The van der Waals surface area contributed by atoms with E-state index in [2.05, 4.69) is 4.74 Å². The summed E-state index contributed by atoms with van der Waals surface area (Å²) in [6.07, 6.45) is 0. The van der Waals surface area contributed by atoms with Crippen molar-refractivity contribution in [1.82, 2.24) is 5.32 Å². The van der Waals surface area contributed by atoms with Crippen LogP contribution in [0.1, 0.15) is 6.92 Å². The standard InChI is InChI=1S/C10H6F5NO3/c1-3(17)16-2-4(18)19-10-8(14)6(12)5(11)7(13)9(10)15/h2H2,1H3,(H,16,17). The van der Waals surface area contributed by atoms with Crippen LogP contribution in [-0.4, -0.2) is 18.4 Å². The SMILES string of the molecule is CC(=O)NCC(=O)Oc1c(F)c(F)c(F)c(F)c1F. The second-order valence-electron chi connectivity index (χ2n) is 3.28. The minimum absolute atomic E-state index is 0.644. The molecule has 0 saturated heterocycles. The van der Waals surface area contributed by atoms with Gasteiger partial charge in [-0.15, -0.1) is 0 Å². The summed E-state index contributed by atoms with van der Waals surface area (Å²) in [4.78, 5) is 21.5. The summed E-state index contributed by atoms with van der Waals surface area (Å²) in [5.41, 5.74) is 0. The first kappa shape index (κ1) is 14.9. The predicted molar refractivity (Wildman–Crippen MR) is 50.6 cm³/mol. The van der Waals surface area contributed by atoms with Gasteiger partial charge in [0.15, 0.2) is 0 Å². The van der Waals surface area contributed by atoms with E-state index in [1.54, 1.807) is 0 Å². The summed E-state index contributed by atoms with van der Waals surface area (Å²) in [5, 5.41) is 1.93. The zero-order valence-electron chi connectivity index (χ0n) is 9.32. The number of hydrogen-bond donors (Lipinski definition) is 1. The van der Waals surface area contributed by atoms with Crippen molar-refractivity contribution >= 4 is 11.9 Å². The first-order valence-electron chi connectivity index (χ1n) is 4.72. The van der Waals surface area contributed by atoms with Gasteiger partial charge in [-0.25, -0.2) is 18.0 Å². The summed E-state index contributed by atoms with van der Waals surface area (Å²) < 4.78 is 68.3. The molecule has 19 heavy (non-hydrogen) atoms. The van der Waals surface area contributed by atoms with Gasteiger partial charge in [0, 0.05) is 6.92 Å². The number of halogens is 5. The quantitative estimate of drug-likeness (QED) is 0.300. The fourth-order valence-corrected chi connectivity index (χ4v) is 1.02. The number of carbonyl (C=O) groups excluding carboxylic acids is 2. The summed E-state index contributed by atoms with van der Waals surface area (Å²) in [5.74, 6) is -15.1. The van der Waals surface area contributed by atoms with Gasteiger partial charge in [0.25, 0.3) is 0 Å². The molecule has 1 N–H and O–H groups in total. The molecule has 0 aliphatic rings. The van der Waals surface area contributed by atoms with Gasteiger partial charge in [0.05, 0.1) is 0 Å². The van der Waals surface area contributed by atoms with Crippen LogP contribution in [-0.2, 0) is 9.59 Å². The Morgan fingerprint density at radius 2 is 1.37 bits per heavy atom. The Bertz CT molecular complexity index is 517. The topological polar surface area (TPSA) is 55.4 Å². The first-order chi connectivity index (χ1) is 8.75. The highest BCUT2D eigenvalue weighted by Crippen LogP contribution is 2.29. The lowest BCUT2D eigenvalue weighted by Crippen LogP contribution is -2.30. The molecule has 1 amide bonds. The molecule has 9 heteroatoms. The smallest absolute Gasteiger partial charge is 0.331 e. The van der Waals surface area contributed by atoms with Gasteiger partial charge in [0.2, 0.25) is 40.7 Å². The Morgan fingerprint density at radius 1 is 0.947 bits per heavy atom. The third-order valence-corrected chi connectivity index (χ3v) is 1.87. The molecule has 1 aromatic carbocycles. The predicted octanol–water partition coefficient (Wildman–Crippen LogP) is 1.42. The van der Waals surface area contributed by atoms with Gasteiger partial charge in [-0.05, 0) is 0 Å². The maximum absolute atomic E-state index is 13.1. The van der Waals surface area contributed by atoms with Crippen LogP contribution in [0.3, 0.4) is 0 Å². The summed E-state index contributed by atoms with van der Waals surface area (Å²) in [6, 6.07) is 0. The number of hydrogen-bond acceptors (Lipinski definition) is 3. The Hall–Kier alpha value is -2.19. The first-order valence-corrected chi connectivity index (χ1v) is 4.72. The Kier molecular flexibility index (Phi) is 4.41. The molecule has 1 aromatic rings. The third kappa shape index (κ3) is 3.18. The molecule has 0 spiro atoms. The lowest BCUT2D eigenvalue weighted by Gasteiger charge is -2.08. The number of carbonyl (C=O) groups is 2. The average Bonchev–Trinajstić information content (AvgIpc) is 2.36. The molecule has 0 aliphatic heterocycles. The van der Waals surface area contributed by atoms with Crippen molar-refractivity contribution < 1.29 is 36.3 Å². The molecule has 0 fully saturated rings. The molecule has 0 bridgehead atoms. The van der Waals surface area contributed by atoms with Crippen LogP contribution >= 0.6 is 0 Å². The lowest BCUT2D eigenvalue weighted by atomic mass is 10.2. The number of esters is 1. The molecular weight excluding hydrogens is 277 g/mol. The van der Waals surface area contributed by atoms with Gasteiger partial charge in [-0.3, -0.25) is 4.79 Å². The van der Waals surface area contributed by atoms with E-state index >= 15 is 0 Å². The monoisotopic (exact) mass is 283 g/mol. The van der Waals surface area contributed by atoms with Crippen molar-refractivity contribution in [1.29, 1.82) is 0 Å². The molecular formula is C10H6F5NO3. The van der Waals surface area contributed by atoms with Crippen molar-refractivity contribution in [2.75, 3.05) is 6.54 Å². The number of rotatable bonds is 3. The van der Waals surface area contributed by atoms with E-state index in [1.165, 1.54) is 0 Å². The number of ether oxygens (including phenoxy) is 1. The van der Waals surface area contributed by atoms with Gasteiger partial charge in [-0.2, -0.15) is 8.78 Å². The number of amides is 1. The molecule has 0 atom stereocenters. The van der Waals surface area contributed by atoms with Crippen LogP contribution in [0.25, 0.3) is 0 Å². The van der Waals surface area contributed by atoms with Crippen molar-refractivity contribution in [3.8, 4) is 5.75 Å². The van der Waals surface area contributed by atoms with Crippen LogP contribution < -0.4 is 10.1 Å². The zero-order chi connectivity index (χ0) is 14.7. The second-order valence-corrected chi connectivity index (χ2v) is 3.28. The van der Waals surface area contributed by atoms with Crippen LogP contribution in [0.2, 0.25) is 0 Å². The molecule has 104 valence electrons. The Balaban J connectivity index is 3.02. The van der Waals surface area contributed by atoms with E-state index < -0.39 is 53.3 Å². The van der Waals surface area contributed by atoms with Crippen LogP contribution in [0.15, 0.2) is 0 Å². The van der Waals surface area contributed by atoms with Crippen LogP contribution in [0, 0.1) is 29.1 Å². The average molecular weight is 283 g/mol. The van der Waals surface area contributed by atoms with Crippen LogP contribution in [0.4, 0.5) is 22.0 Å². The normalized spacial score (nSPS) is 10.2. The summed E-state index contributed by atoms with van der Waals surface area (Å²) in [6.45, 7) is 0.264. The lowest BCUT2D eigenvalue weighted by molar-refractivity contribution is -0.135. The van der Waals surface area contributed by atoms with E-state index in [-0.39, 0.29) is 0 Å². The highest BCUT2D eigenvalue weighted by Gasteiger charge is 2.28. The molecule has 0 saturated carbocycles. The van der Waals surface area contributed by atoms with Crippen molar-refractivity contribution in [2.24, 2.45) is 0 Å². The van der Waals surface area contributed by atoms with Gasteiger partial charge in [-0.1, -0.05) is 0 Å². The minimum Gasteiger partial charge on any atom is -0.419 e. The van der Waals surface area contributed by atoms with Crippen molar-refractivity contribution in [2.45, 2.75) is 6.92 Å². The number of nitrogens with one attached hydrogen (secondary N) is 1. The fraction of sp³-hybridized carbons (Fsp3) is 0.200. The van der Waals surface area contributed by atoms with E-state index in [1.807, 2.05) is 5.32 Å². The molecule has 0 heterocycles. The minimum atomic E-state index is -2.36. The Labute approximate surface area is 103 Å². The summed E-state index contributed by atoms with van der Waals surface area (Å²) >= 11 is 0. The van der Waals surface area contributed by atoms with Crippen LogP contribution in [0.5, 0.6) is 5.75 Å². The van der Waals surface area contributed by atoms with E-state index in [9.17, 15) is 31.5 Å². The van der Waals surface area contributed by atoms with Gasteiger partial charge < -0.3 is 10.1 Å². The molecule has 0 radical (unpaired) electrons. The van der Waals surface area contributed by atoms with E-state index in [0.717, 1.165) is 6.92 Å². The third-order valence-electron chi connectivity index (χ3n) is 1.87. The van der Waals surface area contributed by atoms with Crippen molar-refractivity contribution in [3.05, 3.63) is 29.1 Å². The maximum Gasteiger partial charge on any atom is 0.331 e. The molecule has 4 nitrogen and oxygen atoms in total. The molecule has 0 unspecified atom stereocenters. The van der Waals surface area contributed by atoms with Gasteiger partial charge >= 0.3 is 5.97 Å². The maximum atomic E-state index is 13.1. The van der Waals surface area contributed by atoms with E-state index in [0.29, 0.717) is 0 Å². The number of benzene rings is 1. The molecule has 0 aromatic heterocycles. The fourth-order valence-electron chi connectivity index (χ4n) is 1.02. The highest BCUT2D eigenvalue weighted by molar-refractivity contribution is 5.81. The zero-order valence-corrected chi connectivity index (χ0v) is 9.32. The highest BCUT2D eigenvalue weighted by atomic mass is 19.2. The van der Waals surface area contributed by atoms with Crippen molar-refractivity contribution in [3.63, 3.8) is 0 Å². The van der Waals surface area contributed by atoms with Gasteiger partial charge in [0.1, 0.15) is 6.54 Å². The molecule has 0 aliphatic carbocycles. The largest absolute Gasteiger partial charge is 0.419 e. The molecule has 1 rings (SSSR count). The Morgan fingerprint density at radius 3 is 1.79 bits per heavy atom.